The molecule has 1 aliphatic rings. The van der Waals surface area contributed by atoms with Crippen molar-refractivity contribution in [1.82, 2.24) is 18.7 Å². The van der Waals surface area contributed by atoms with E-state index in [-0.39, 0.29) is 36.1 Å². The number of ketones is 1. The summed E-state index contributed by atoms with van der Waals surface area (Å²) in [6.45, 7) is 0.666. The molecule has 0 spiro atoms. The summed E-state index contributed by atoms with van der Waals surface area (Å²) in [6.07, 6.45) is 2.89. The second-order valence-corrected chi connectivity index (χ2v) is 8.42. The quantitative estimate of drug-likeness (QED) is 0.409. The standard InChI is InChI=1S/C24H21ClN4O4/c25-17-10-8-16(9-11-17)20(30)14-27-15-26-22-21(27)23(31)28(13-19-7-4-12-33-19)24(32)29(22)18-5-2-1-3-6-18/h1-3,5-6,8-11,15,19H,4,7,12-14H2. The lowest BCUT2D eigenvalue weighted by molar-refractivity contribution is 0.0947. The third-order valence-electron chi connectivity index (χ3n) is 5.80. The monoisotopic (exact) mass is 464 g/mol. The predicted octanol–water partition coefficient (Wildman–Crippen LogP) is 3.06. The van der Waals surface area contributed by atoms with Crippen molar-refractivity contribution < 1.29 is 9.53 Å². The molecule has 2 aromatic heterocycles. The van der Waals surface area contributed by atoms with Crippen molar-refractivity contribution in [2.75, 3.05) is 6.61 Å². The average Bonchev–Trinajstić information content (AvgIpc) is 3.48. The maximum atomic E-state index is 13.5. The number of fused-ring (bicyclic) bond motifs is 1. The van der Waals surface area contributed by atoms with Gasteiger partial charge in [0.1, 0.15) is 0 Å². The Bertz CT molecular complexity index is 1430. The molecule has 0 bridgehead atoms. The molecular weight excluding hydrogens is 444 g/mol. The van der Waals surface area contributed by atoms with E-state index in [0.29, 0.717) is 22.9 Å². The van der Waals surface area contributed by atoms with Gasteiger partial charge < -0.3 is 9.30 Å². The lowest BCUT2D eigenvalue weighted by Crippen LogP contribution is -2.42. The summed E-state index contributed by atoms with van der Waals surface area (Å²) in [5, 5.41) is 0.531. The molecule has 8 nitrogen and oxygen atoms in total. The Hall–Kier alpha value is -3.49. The second kappa shape index (κ2) is 8.80. The molecule has 0 amide bonds. The Kier molecular flexibility index (Phi) is 5.70. The third kappa shape index (κ3) is 4.03. The lowest BCUT2D eigenvalue weighted by Gasteiger charge is -2.15. The van der Waals surface area contributed by atoms with Crippen LogP contribution in [0.15, 0.2) is 70.5 Å². The molecule has 1 saturated heterocycles. The maximum absolute atomic E-state index is 13.5. The van der Waals surface area contributed by atoms with Gasteiger partial charge in [0.05, 0.1) is 31.2 Å². The van der Waals surface area contributed by atoms with E-state index in [2.05, 4.69) is 4.98 Å². The molecule has 1 aliphatic heterocycles. The first-order chi connectivity index (χ1) is 16.0. The fourth-order valence-corrected chi connectivity index (χ4v) is 4.27. The SMILES string of the molecule is O=C(Cn1cnc2c1c(=O)n(CC1CCCO1)c(=O)n2-c1ccccc1)c1ccc(Cl)cc1. The zero-order valence-corrected chi connectivity index (χ0v) is 18.4. The van der Waals surface area contributed by atoms with E-state index in [4.69, 9.17) is 16.3 Å². The van der Waals surface area contributed by atoms with Crippen LogP contribution in [0.3, 0.4) is 0 Å². The highest BCUT2D eigenvalue weighted by Gasteiger charge is 2.24. The molecule has 2 aromatic carbocycles. The molecule has 0 N–H and O–H groups in total. The van der Waals surface area contributed by atoms with Crippen molar-refractivity contribution in [3.63, 3.8) is 0 Å². The number of ether oxygens (including phenoxy) is 1. The van der Waals surface area contributed by atoms with Crippen LogP contribution in [-0.2, 0) is 17.8 Å². The Morgan fingerprint density at radius 3 is 2.55 bits per heavy atom. The molecule has 3 heterocycles. The van der Waals surface area contributed by atoms with E-state index < -0.39 is 11.2 Å². The van der Waals surface area contributed by atoms with Gasteiger partial charge in [-0.25, -0.2) is 14.3 Å². The molecule has 5 rings (SSSR count). The van der Waals surface area contributed by atoms with Crippen molar-refractivity contribution in [3.05, 3.63) is 92.3 Å². The molecule has 1 fully saturated rings. The molecule has 0 radical (unpaired) electrons. The number of halogens is 1. The number of Topliss-reactive ketones (excluding diaryl/α,β-unsaturated/α-hetero) is 1. The summed E-state index contributed by atoms with van der Waals surface area (Å²) < 4.78 is 9.77. The minimum Gasteiger partial charge on any atom is -0.376 e. The number of rotatable bonds is 6. The third-order valence-corrected chi connectivity index (χ3v) is 6.06. The van der Waals surface area contributed by atoms with Crippen molar-refractivity contribution in [2.45, 2.75) is 32.0 Å². The minimum absolute atomic E-state index is 0.0969. The molecule has 1 unspecified atom stereocenters. The number of aromatic nitrogens is 4. The Balaban J connectivity index is 1.66. The van der Waals surface area contributed by atoms with Crippen LogP contribution in [0.4, 0.5) is 0 Å². The molecule has 33 heavy (non-hydrogen) atoms. The van der Waals surface area contributed by atoms with Crippen LogP contribution in [0, 0.1) is 0 Å². The summed E-state index contributed by atoms with van der Waals surface area (Å²) in [4.78, 5) is 44.1. The molecule has 168 valence electrons. The van der Waals surface area contributed by atoms with Gasteiger partial charge in [0.15, 0.2) is 16.9 Å². The van der Waals surface area contributed by atoms with Crippen LogP contribution in [0.25, 0.3) is 16.9 Å². The van der Waals surface area contributed by atoms with Crippen molar-refractivity contribution >= 4 is 28.5 Å². The number of carbonyl (C=O) groups excluding carboxylic acids is 1. The van der Waals surface area contributed by atoms with Gasteiger partial charge in [-0.05, 0) is 49.2 Å². The molecule has 1 atom stereocenters. The smallest absolute Gasteiger partial charge is 0.337 e. The highest BCUT2D eigenvalue weighted by Crippen LogP contribution is 2.17. The van der Waals surface area contributed by atoms with E-state index in [1.54, 1.807) is 36.4 Å². The first kappa shape index (κ1) is 21.4. The summed E-state index contributed by atoms with van der Waals surface area (Å²) in [5.74, 6) is -0.200. The number of carbonyl (C=O) groups is 1. The number of nitrogens with zero attached hydrogens (tertiary/aromatic N) is 4. The van der Waals surface area contributed by atoms with Gasteiger partial charge >= 0.3 is 5.69 Å². The number of imidazole rings is 1. The van der Waals surface area contributed by atoms with Gasteiger partial charge in [0.25, 0.3) is 5.56 Å². The number of hydrogen-bond acceptors (Lipinski definition) is 5. The van der Waals surface area contributed by atoms with Crippen molar-refractivity contribution in [3.8, 4) is 5.69 Å². The number of hydrogen-bond donors (Lipinski definition) is 0. The molecule has 0 aliphatic carbocycles. The van der Waals surface area contributed by atoms with Crippen LogP contribution in [0.1, 0.15) is 23.2 Å². The fourth-order valence-electron chi connectivity index (χ4n) is 4.14. The average molecular weight is 465 g/mol. The zero-order chi connectivity index (χ0) is 22.9. The minimum atomic E-state index is -0.487. The van der Waals surface area contributed by atoms with Gasteiger partial charge in [0.2, 0.25) is 0 Å². The second-order valence-electron chi connectivity index (χ2n) is 7.98. The van der Waals surface area contributed by atoms with Crippen LogP contribution in [-0.4, -0.2) is 37.2 Å². The molecule has 9 heteroatoms. The Labute approximate surface area is 193 Å². The fraction of sp³-hybridized carbons (Fsp3) is 0.250. The number of para-hydroxylation sites is 1. The lowest BCUT2D eigenvalue weighted by atomic mass is 10.1. The van der Waals surface area contributed by atoms with Crippen LogP contribution in [0.2, 0.25) is 5.02 Å². The summed E-state index contributed by atoms with van der Waals surface area (Å²) in [5.41, 5.74) is 0.491. The molecule has 4 aromatic rings. The Morgan fingerprint density at radius 2 is 1.85 bits per heavy atom. The summed E-state index contributed by atoms with van der Waals surface area (Å²) >= 11 is 5.92. The van der Waals surface area contributed by atoms with Gasteiger partial charge in [-0.3, -0.25) is 14.2 Å². The summed E-state index contributed by atoms with van der Waals surface area (Å²) in [7, 11) is 0. The van der Waals surface area contributed by atoms with Crippen LogP contribution in [0.5, 0.6) is 0 Å². The van der Waals surface area contributed by atoms with Crippen LogP contribution >= 0.6 is 11.6 Å². The van der Waals surface area contributed by atoms with E-state index in [0.717, 1.165) is 12.8 Å². The topological polar surface area (TPSA) is 88.1 Å². The van der Waals surface area contributed by atoms with Crippen molar-refractivity contribution in [1.29, 1.82) is 0 Å². The first-order valence-corrected chi connectivity index (χ1v) is 11.1. The molecular formula is C24H21ClN4O4. The van der Waals surface area contributed by atoms with Gasteiger partial charge in [-0.2, -0.15) is 0 Å². The van der Waals surface area contributed by atoms with Crippen molar-refractivity contribution in [2.24, 2.45) is 0 Å². The Morgan fingerprint density at radius 1 is 1.09 bits per heavy atom. The zero-order valence-electron chi connectivity index (χ0n) is 17.7. The normalized spacial score (nSPS) is 15.8. The predicted molar refractivity (Wildman–Crippen MR) is 124 cm³/mol. The first-order valence-electron chi connectivity index (χ1n) is 10.7. The highest BCUT2D eigenvalue weighted by atomic mass is 35.5. The van der Waals surface area contributed by atoms with E-state index in [1.165, 1.54) is 20.0 Å². The maximum Gasteiger partial charge on any atom is 0.337 e. The molecule has 0 saturated carbocycles. The number of benzene rings is 2. The van der Waals surface area contributed by atoms with E-state index >= 15 is 0 Å². The summed E-state index contributed by atoms with van der Waals surface area (Å²) in [6, 6.07) is 15.6. The van der Waals surface area contributed by atoms with Gasteiger partial charge in [-0.1, -0.05) is 29.8 Å². The highest BCUT2D eigenvalue weighted by molar-refractivity contribution is 6.30. The van der Waals surface area contributed by atoms with E-state index in [9.17, 15) is 14.4 Å². The van der Waals surface area contributed by atoms with Gasteiger partial charge in [-0.15, -0.1) is 0 Å². The largest absolute Gasteiger partial charge is 0.376 e. The van der Waals surface area contributed by atoms with Gasteiger partial charge in [0, 0.05) is 17.2 Å². The van der Waals surface area contributed by atoms with E-state index in [1.807, 2.05) is 18.2 Å². The van der Waals surface area contributed by atoms with Crippen LogP contribution < -0.4 is 11.2 Å².